The van der Waals surface area contributed by atoms with Gasteiger partial charge in [0.05, 0.1) is 7.11 Å². The number of anilines is 1. The van der Waals surface area contributed by atoms with Crippen LogP contribution in [-0.2, 0) is 4.79 Å². The van der Waals surface area contributed by atoms with E-state index in [1.807, 2.05) is 50.6 Å². The zero-order chi connectivity index (χ0) is 21.2. The van der Waals surface area contributed by atoms with Crippen LogP contribution in [0.3, 0.4) is 0 Å². The second-order valence-corrected chi connectivity index (χ2v) is 8.70. The van der Waals surface area contributed by atoms with Gasteiger partial charge in [-0.25, -0.2) is 9.50 Å². The molecule has 31 heavy (non-hydrogen) atoms. The summed E-state index contributed by atoms with van der Waals surface area (Å²) in [5.74, 6) is 1.25. The van der Waals surface area contributed by atoms with E-state index < -0.39 is 0 Å². The predicted molar refractivity (Wildman–Crippen MR) is 115 cm³/mol. The molecule has 1 saturated carbocycles. The number of carbonyl (C=O) groups is 1. The lowest BCUT2D eigenvalue weighted by atomic mass is 9.60. The van der Waals surface area contributed by atoms with E-state index in [0.29, 0.717) is 17.9 Å². The highest BCUT2D eigenvalue weighted by Gasteiger charge is 2.53. The molecule has 158 valence electrons. The Hall–Kier alpha value is -3.62. The number of fused-ring (bicyclic) bond motifs is 2. The lowest BCUT2D eigenvalue weighted by Crippen LogP contribution is -2.65. The number of pyridine rings is 1. The summed E-state index contributed by atoms with van der Waals surface area (Å²) in [6.07, 6.45) is 9.74. The van der Waals surface area contributed by atoms with Crippen molar-refractivity contribution in [3.05, 3.63) is 43.0 Å². The van der Waals surface area contributed by atoms with Crippen molar-refractivity contribution in [3.63, 3.8) is 0 Å². The summed E-state index contributed by atoms with van der Waals surface area (Å²) < 4.78 is 9.44. The first-order valence-corrected chi connectivity index (χ1v) is 10.4. The summed E-state index contributed by atoms with van der Waals surface area (Å²) in [7, 11) is 1.63. The number of likely N-dealkylation sites (tertiary alicyclic amines) is 1. The van der Waals surface area contributed by atoms with Gasteiger partial charge < -0.3 is 19.4 Å². The molecule has 6 rings (SSSR count). The third-order valence-electron chi connectivity index (χ3n) is 6.56. The minimum atomic E-state index is 0.163. The van der Waals surface area contributed by atoms with E-state index in [9.17, 15) is 4.79 Å². The van der Waals surface area contributed by atoms with Crippen molar-refractivity contribution < 1.29 is 9.53 Å². The van der Waals surface area contributed by atoms with Gasteiger partial charge in [0.25, 0.3) is 0 Å². The number of methoxy groups -OCH3 is 1. The molecule has 0 atom stereocenters. The monoisotopic (exact) mass is 417 g/mol. The number of amides is 1. The molecule has 1 N–H and O–H groups in total. The molecular formula is C22H23N7O2. The first kappa shape index (κ1) is 18.2. The van der Waals surface area contributed by atoms with Crippen LogP contribution in [0, 0.1) is 5.41 Å². The molecule has 9 heteroatoms. The van der Waals surface area contributed by atoms with Gasteiger partial charge in [0.15, 0.2) is 0 Å². The van der Waals surface area contributed by atoms with Gasteiger partial charge in [0.1, 0.15) is 11.2 Å². The highest BCUT2D eigenvalue weighted by atomic mass is 16.5. The molecule has 1 saturated heterocycles. The van der Waals surface area contributed by atoms with Gasteiger partial charge in [0.2, 0.25) is 17.7 Å². The van der Waals surface area contributed by atoms with Gasteiger partial charge in [-0.2, -0.15) is 4.98 Å². The maximum Gasteiger partial charge on any atom is 0.244 e. The first-order valence-electron chi connectivity index (χ1n) is 10.4. The van der Waals surface area contributed by atoms with Crippen LogP contribution in [0.1, 0.15) is 19.8 Å². The van der Waals surface area contributed by atoms with E-state index in [0.717, 1.165) is 48.2 Å². The average molecular weight is 417 g/mol. The van der Waals surface area contributed by atoms with Gasteiger partial charge in [-0.1, -0.05) is 0 Å². The fourth-order valence-electron chi connectivity index (χ4n) is 5.02. The second-order valence-electron chi connectivity index (χ2n) is 8.70. The number of imidazole rings is 1. The summed E-state index contributed by atoms with van der Waals surface area (Å²) in [5.41, 5.74) is 4.05. The van der Waals surface area contributed by atoms with Gasteiger partial charge >= 0.3 is 0 Å². The Bertz CT molecular complexity index is 1310. The largest absolute Gasteiger partial charge is 0.479 e. The molecule has 2 aliphatic rings. The first-order chi connectivity index (χ1) is 15.0. The van der Waals surface area contributed by atoms with Crippen LogP contribution in [0.25, 0.3) is 22.3 Å². The van der Waals surface area contributed by atoms with E-state index in [1.165, 1.54) is 0 Å². The Kier molecular flexibility index (Phi) is 3.77. The van der Waals surface area contributed by atoms with Gasteiger partial charge in [0, 0.05) is 67.4 Å². The number of hydrogen-bond acceptors (Lipinski definition) is 6. The summed E-state index contributed by atoms with van der Waals surface area (Å²) in [4.78, 5) is 22.3. The van der Waals surface area contributed by atoms with Crippen LogP contribution in [-0.4, -0.2) is 61.0 Å². The molecule has 0 bridgehead atoms. The maximum absolute atomic E-state index is 11.4. The van der Waals surface area contributed by atoms with Gasteiger partial charge in [-0.3, -0.25) is 4.79 Å². The second kappa shape index (κ2) is 6.44. The average Bonchev–Trinajstić information content (AvgIpc) is 3.33. The Labute approximate surface area is 178 Å². The van der Waals surface area contributed by atoms with Crippen molar-refractivity contribution in [3.8, 4) is 17.0 Å². The predicted octanol–water partition coefficient (Wildman–Crippen LogP) is 2.48. The molecule has 1 aliphatic heterocycles. The SMILES string of the molecule is COc1nc(NC2CC3(C2)CN(C(C)=O)C3)nn2ccc(-c3ccc4nccn4c3)c12. The fourth-order valence-corrected chi connectivity index (χ4v) is 5.02. The van der Waals surface area contributed by atoms with Crippen molar-refractivity contribution in [2.75, 3.05) is 25.5 Å². The van der Waals surface area contributed by atoms with E-state index in [4.69, 9.17) is 4.74 Å². The minimum Gasteiger partial charge on any atom is -0.479 e. The van der Waals surface area contributed by atoms with Crippen molar-refractivity contribution in [2.45, 2.75) is 25.8 Å². The Balaban J connectivity index is 1.26. The number of rotatable bonds is 4. The summed E-state index contributed by atoms with van der Waals surface area (Å²) in [5, 5.41) is 8.11. The van der Waals surface area contributed by atoms with Crippen LogP contribution < -0.4 is 10.1 Å². The number of nitrogens with one attached hydrogen (secondary N) is 1. The van der Waals surface area contributed by atoms with Crippen LogP contribution in [0.5, 0.6) is 5.88 Å². The zero-order valence-electron chi connectivity index (χ0n) is 17.4. The van der Waals surface area contributed by atoms with Crippen molar-refractivity contribution >= 4 is 23.0 Å². The Morgan fingerprint density at radius 3 is 2.84 bits per heavy atom. The molecular weight excluding hydrogens is 394 g/mol. The quantitative estimate of drug-likeness (QED) is 0.549. The molecule has 9 nitrogen and oxygen atoms in total. The molecule has 1 aliphatic carbocycles. The molecule has 4 aromatic rings. The Morgan fingerprint density at radius 1 is 1.23 bits per heavy atom. The van der Waals surface area contributed by atoms with Gasteiger partial charge in [-0.15, -0.1) is 5.10 Å². The summed E-state index contributed by atoms with van der Waals surface area (Å²) >= 11 is 0. The zero-order valence-corrected chi connectivity index (χ0v) is 17.4. The van der Waals surface area contributed by atoms with Gasteiger partial charge in [-0.05, 0) is 31.0 Å². The lowest BCUT2D eigenvalue weighted by molar-refractivity contribution is -0.148. The topological polar surface area (TPSA) is 89.1 Å². The highest BCUT2D eigenvalue weighted by Crippen LogP contribution is 2.49. The number of carbonyl (C=O) groups excluding carboxylic acids is 1. The van der Waals surface area contributed by atoms with Crippen LogP contribution in [0.15, 0.2) is 43.0 Å². The van der Waals surface area contributed by atoms with E-state index in [1.54, 1.807) is 20.2 Å². The molecule has 1 amide bonds. The van der Waals surface area contributed by atoms with Crippen molar-refractivity contribution in [1.82, 2.24) is 28.9 Å². The van der Waals surface area contributed by atoms with Crippen LogP contribution in [0.4, 0.5) is 5.95 Å². The standard InChI is InChI=1S/C22H23N7O2/c1-14(30)28-12-22(13-28)9-16(10-22)24-21-25-20(31-2)19-17(5-7-29(19)26-21)15-3-4-18-23-6-8-27(18)11-15/h3-8,11,16H,9-10,12-13H2,1-2H3,(H,24,26). The molecule has 1 spiro atoms. The molecule has 4 aromatic heterocycles. The van der Waals surface area contributed by atoms with Crippen LogP contribution in [0.2, 0.25) is 0 Å². The minimum absolute atomic E-state index is 0.163. The third-order valence-corrected chi connectivity index (χ3v) is 6.56. The smallest absolute Gasteiger partial charge is 0.244 e. The number of aromatic nitrogens is 5. The lowest BCUT2D eigenvalue weighted by Gasteiger charge is -2.58. The summed E-state index contributed by atoms with van der Waals surface area (Å²) in [6, 6.07) is 6.37. The molecule has 0 radical (unpaired) electrons. The van der Waals surface area contributed by atoms with E-state index >= 15 is 0 Å². The normalized spacial score (nSPS) is 17.7. The van der Waals surface area contributed by atoms with Crippen LogP contribution >= 0.6 is 0 Å². The maximum atomic E-state index is 11.4. The molecule has 5 heterocycles. The van der Waals surface area contributed by atoms with E-state index in [2.05, 4.69) is 20.4 Å². The van der Waals surface area contributed by atoms with Crippen molar-refractivity contribution in [2.24, 2.45) is 5.41 Å². The number of nitrogens with zero attached hydrogens (tertiary/aromatic N) is 6. The molecule has 2 fully saturated rings. The highest BCUT2D eigenvalue weighted by molar-refractivity contribution is 5.84. The third kappa shape index (κ3) is 2.83. The van der Waals surface area contributed by atoms with E-state index in [-0.39, 0.29) is 11.3 Å². The fraction of sp³-hybridized carbons (Fsp3) is 0.364. The van der Waals surface area contributed by atoms with Crippen molar-refractivity contribution in [1.29, 1.82) is 0 Å². The summed E-state index contributed by atoms with van der Waals surface area (Å²) in [6.45, 7) is 3.37. The number of ether oxygens (including phenoxy) is 1. The molecule has 0 unspecified atom stereocenters. The Morgan fingerprint density at radius 2 is 2.06 bits per heavy atom. The number of hydrogen-bond donors (Lipinski definition) is 1. The molecule has 0 aromatic carbocycles.